The van der Waals surface area contributed by atoms with E-state index in [-0.39, 0.29) is 5.69 Å². The highest BCUT2D eigenvalue weighted by Gasteiger charge is 2.15. The molecule has 0 spiro atoms. The molecule has 2 aromatic heterocycles. The minimum Gasteiger partial charge on any atom is -0.457 e. The van der Waals surface area contributed by atoms with Crippen LogP contribution in [0.1, 0.15) is 0 Å². The number of fused-ring (bicyclic) bond motifs is 2. The van der Waals surface area contributed by atoms with Gasteiger partial charge in [0, 0.05) is 78.8 Å². The SMILES string of the molecule is CNc1cc(Oc2ccc([N+](=O)[O-])c(NC)c2)ccc1N.Cn1c(Nc2ccc(Br)cc2)nc2cc(Oc3ccc4c(c3)nc(Nc3ccc(Br)cc3)n4C)ccc21. The van der Waals surface area contributed by atoms with Crippen LogP contribution in [0.4, 0.5) is 46.0 Å². The van der Waals surface area contributed by atoms with Crippen LogP contribution in [0.15, 0.2) is 130 Å². The average Bonchev–Trinajstić information content (AvgIpc) is 3.70. The summed E-state index contributed by atoms with van der Waals surface area (Å²) in [5.41, 5.74) is 13.2. The number of imidazole rings is 2. The summed E-state index contributed by atoms with van der Waals surface area (Å²) in [6.07, 6.45) is 0. The lowest BCUT2D eigenvalue weighted by atomic mass is 10.2. The van der Waals surface area contributed by atoms with E-state index in [0.29, 0.717) is 34.4 Å². The molecule has 294 valence electrons. The second-order valence-corrected chi connectivity index (χ2v) is 14.8. The summed E-state index contributed by atoms with van der Waals surface area (Å²) in [4.78, 5) is 20.0. The van der Waals surface area contributed by atoms with E-state index >= 15 is 0 Å². The zero-order valence-electron chi connectivity index (χ0n) is 31.7. The summed E-state index contributed by atoms with van der Waals surface area (Å²) < 4.78 is 18.0. The van der Waals surface area contributed by atoms with Gasteiger partial charge in [-0.3, -0.25) is 10.1 Å². The first-order valence-electron chi connectivity index (χ1n) is 17.9. The number of aryl methyl sites for hydroxylation is 2. The minimum absolute atomic E-state index is 0.00179. The fourth-order valence-corrected chi connectivity index (χ4v) is 6.59. The molecule has 0 unspecified atom stereocenters. The molecular weight excluding hydrogens is 868 g/mol. The number of anilines is 7. The fraction of sp³-hybridized carbons (Fsp3) is 0.0952. The first-order valence-corrected chi connectivity index (χ1v) is 19.4. The zero-order chi connectivity index (χ0) is 40.9. The Balaban J connectivity index is 0.000000208. The number of nitrogens with two attached hydrogens (primary N) is 1. The molecule has 0 bridgehead atoms. The molecule has 16 heteroatoms. The van der Waals surface area contributed by atoms with E-state index in [0.717, 1.165) is 60.0 Å². The van der Waals surface area contributed by atoms with E-state index in [1.165, 1.54) is 6.07 Å². The van der Waals surface area contributed by atoms with E-state index in [1.54, 1.807) is 44.4 Å². The number of halogens is 2. The third kappa shape index (κ3) is 8.93. The van der Waals surface area contributed by atoms with Crippen LogP contribution in [0.5, 0.6) is 23.0 Å². The van der Waals surface area contributed by atoms with Crippen molar-refractivity contribution in [3.8, 4) is 23.0 Å². The molecule has 6 N–H and O–H groups in total. The number of nitro benzene ring substituents is 1. The number of nitrogen functional groups attached to an aromatic ring is 1. The van der Waals surface area contributed by atoms with E-state index < -0.39 is 4.92 Å². The number of rotatable bonds is 11. The van der Waals surface area contributed by atoms with Crippen LogP contribution in [0.2, 0.25) is 0 Å². The summed E-state index contributed by atoms with van der Waals surface area (Å²) >= 11 is 6.94. The number of hydrogen-bond acceptors (Lipinski definition) is 11. The molecular formula is C42H38Br2N10O4. The Hall–Kier alpha value is -6.78. The van der Waals surface area contributed by atoms with E-state index in [4.69, 9.17) is 25.2 Å². The number of nitrogens with one attached hydrogen (secondary N) is 4. The first kappa shape index (κ1) is 39.5. The Labute approximate surface area is 350 Å². The van der Waals surface area contributed by atoms with E-state index in [2.05, 4.69) is 53.1 Å². The number of nitrogens with zero attached hydrogens (tertiary/aromatic N) is 5. The van der Waals surface area contributed by atoms with Gasteiger partial charge in [0.2, 0.25) is 11.9 Å². The molecule has 8 aromatic rings. The van der Waals surface area contributed by atoms with Crippen LogP contribution in [0.25, 0.3) is 22.1 Å². The average molecular weight is 907 g/mol. The highest BCUT2D eigenvalue weighted by atomic mass is 79.9. The largest absolute Gasteiger partial charge is 0.457 e. The summed E-state index contributed by atoms with van der Waals surface area (Å²) in [6.45, 7) is 0. The fourth-order valence-electron chi connectivity index (χ4n) is 6.06. The molecule has 0 saturated heterocycles. The summed E-state index contributed by atoms with van der Waals surface area (Å²) in [5.74, 6) is 4.03. The van der Waals surface area contributed by atoms with Crippen molar-refractivity contribution >= 4 is 99.9 Å². The van der Waals surface area contributed by atoms with E-state index in [9.17, 15) is 10.1 Å². The first-order chi connectivity index (χ1) is 28.0. The van der Waals surface area contributed by atoms with Gasteiger partial charge >= 0.3 is 0 Å². The Kier molecular flexibility index (Phi) is 11.7. The Morgan fingerprint density at radius 3 is 1.47 bits per heavy atom. The highest BCUT2D eigenvalue weighted by molar-refractivity contribution is 9.10. The van der Waals surface area contributed by atoms with Gasteiger partial charge in [0.1, 0.15) is 28.7 Å². The number of ether oxygens (including phenoxy) is 2. The van der Waals surface area contributed by atoms with Crippen LogP contribution >= 0.6 is 31.9 Å². The van der Waals surface area contributed by atoms with Gasteiger partial charge in [-0.25, -0.2) is 9.97 Å². The maximum absolute atomic E-state index is 10.9. The third-order valence-electron chi connectivity index (χ3n) is 9.10. The number of hydrogen-bond donors (Lipinski definition) is 5. The van der Waals surface area contributed by atoms with Gasteiger partial charge in [-0.05, 0) is 91.0 Å². The molecule has 6 aromatic carbocycles. The maximum atomic E-state index is 10.9. The molecule has 14 nitrogen and oxygen atoms in total. The normalized spacial score (nSPS) is 10.8. The Bertz CT molecular complexity index is 2620. The van der Waals surface area contributed by atoms with Crippen molar-refractivity contribution in [2.24, 2.45) is 14.1 Å². The molecule has 0 amide bonds. The molecule has 2 heterocycles. The summed E-state index contributed by atoms with van der Waals surface area (Å²) in [7, 11) is 7.37. The van der Waals surface area contributed by atoms with Crippen LogP contribution in [0, 0.1) is 10.1 Å². The molecule has 0 atom stereocenters. The highest BCUT2D eigenvalue weighted by Crippen LogP contribution is 2.34. The molecule has 58 heavy (non-hydrogen) atoms. The second kappa shape index (κ2) is 17.2. The van der Waals surface area contributed by atoms with Crippen molar-refractivity contribution in [2.45, 2.75) is 0 Å². The third-order valence-corrected chi connectivity index (χ3v) is 10.2. The Morgan fingerprint density at radius 1 is 0.603 bits per heavy atom. The summed E-state index contributed by atoms with van der Waals surface area (Å²) in [6, 6.07) is 37.6. The zero-order valence-corrected chi connectivity index (χ0v) is 34.9. The lowest BCUT2D eigenvalue weighted by molar-refractivity contribution is -0.384. The number of aromatic nitrogens is 4. The second-order valence-electron chi connectivity index (χ2n) is 12.9. The van der Waals surface area contributed by atoms with Gasteiger partial charge < -0.3 is 45.6 Å². The Morgan fingerprint density at radius 2 is 1.02 bits per heavy atom. The summed E-state index contributed by atoms with van der Waals surface area (Å²) in [5, 5.41) is 23.4. The van der Waals surface area contributed by atoms with Gasteiger partial charge in [0.25, 0.3) is 5.69 Å². The predicted molar refractivity (Wildman–Crippen MR) is 239 cm³/mol. The van der Waals surface area contributed by atoms with Crippen LogP contribution in [0.3, 0.4) is 0 Å². The van der Waals surface area contributed by atoms with Gasteiger partial charge in [0.15, 0.2) is 0 Å². The van der Waals surface area contributed by atoms with Gasteiger partial charge in [-0.2, -0.15) is 0 Å². The van der Waals surface area contributed by atoms with Gasteiger partial charge in [-0.1, -0.05) is 31.9 Å². The predicted octanol–water partition coefficient (Wildman–Crippen LogP) is 11.3. The topological polar surface area (TPSA) is 171 Å². The minimum atomic E-state index is -0.446. The number of nitro groups is 1. The van der Waals surface area contributed by atoms with Crippen molar-refractivity contribution in [2.75, 3.05) is 41.1 Å². The van der Waals surface area contributed by atoms with E-state index in [1.807, 2.05) is 108 Å². The van der Waals surface area contributed by atoms with Gasteiger partial charge in [-0.15, -0.1) is 0 Å². The quantitative estimate of drug-likeness (QED) is 0.0475. The molecule has 8 rings (SSSR count). The number of benzene rings is 6. The molecule has 0 aliphatic carbocycles. The van der Waals surface area contributed by atoms with Gasteiger partial charge in [0.05, 0.1) is 38.4 Å². The standard InChI is InChI=1S/C28H22Br2N6O.C14H16N4O3/c1-35-25-13-11-21(15-23(25)33-27(35)31-19-7-3-17(29)4-8-19)37-22-12-14-26-24(16-22)34-28(36(26)2)32-20-9-5-18(30)6-10-20;1-16-12-7-9(3-5-11(12)15)21-10-4-6-14(18(19)20)13(8-10)17-2/h3-16H,1-2H3,(H,31,33)(H,32,34);3-8,16-17H,15H2,1-2H3. The maximum Gasteiger partial charge on any atom is 0.292 e. The van der Waals surface area contributed by atoms with Crippen molar-refractivity contribution in [3.05, 3.63) is 140 Å². The lowest BCUT2D eigenvalue weighted by Crippen LogP contribution is -1.98. The molecule has 0 fully saturated rings. The molecule has 0 aliphatic heterocycles. The van der Waals surface area contributed by atoms with Crippen molar-refractivity contribution in [3.63, 3.8) is 0 Å². The van der Waals surface area contributed by atoms with Crippen molar-refractivity contribution in [1.29, 1.82) is 0 Å². The lowest BCUT2D eigenvalue weighted by Gasteiger charge is -2.11. The molecule has 0 saturated carbocycles. The van der Waals surface area contributed by atoms with Crippen molar-refractivity contribution in [1.82, 2.24) is 19.1 Å². The van der Waals surface area contributed by atoms with Crippen LogP contribution in [-0.2, 0) is 14.1 Å². The monoisotopic (exact) mass is 904 g/mol. The van der Waals surface area contributed by atoms with Crippen molar-refractivity contribution < 1.29 is 14.4 Å². The molecule has 0 aliphatic rings. The van der Waals surface area contributed by atoms with Crippen LogP contribution < -0.4 is 36.5 Å². The molecule has 0 radical (unpaired) electrons. The van der Waals surface area contributed by atoms with Crippen LogP contribution in [-0.4, -0.2) is 38.1 Å². The smallest absolute Gasteiger partial charge is 0.292 e.